The number of aliphatic imine (C=N–C) groups is 1. The van der Waals surface area contributed by atoms with Gasteiger partial charge in [0.2, 0.25) is 0 Å². The molecule has 174 valence electrons. The van der Waals surface area contributed by atoms with Crippen molar-refractivity contribution >= 4 is 5.96 Å². The van der Waals surface area contributed by atoms with Crippen LogP contribution in [0.4, 0.5) is 0 Å². The van der Waals surface area contributed by atoms with E-state index in [0.29, 0.717) is 19.8 Å². The zero-order valence-corrected chi connectivity index (χ0v) is 19.6. The number of hydrogen-bond donors (Lipinski definition) is 2. The van der Waals surface area contributed by atoms with Gasteiger partial charge in [0.15, 0.2) is 17.5 Å². The van der Waals surface area contributed by atoms with Crippen molar-refractivity contribution in [3.8, 4) is 11.5 Å². The average Bonchev–Trinajstić information content (AvgIpc) is 2.87. The van der Waals surface area contributed by atoms with Crippen LogP contribution in [0.1, 0.15) is 22.3 Å². The monoisotopic (exact) mass is 447 g/mol. The fraction of sp³-hybridized carbons (Fsp3) is 0.296. The molecular formula is C27H33N3O3. The van der Waals surface area contributed by atoms with Crippen molar-refractivity contribution in [3.05, 3.63) is 95.1 Å². The van der Waals surface area contributed by atoms with Crippen LogP contribution in [0.15, 0.2) is 77.8 Å². The molecule has 0 saturated heterocycles. The van der Waals surface area contributed by atoms with Crippen molar-refractivity contribution in [2.24, 2.45) is 4.99 Å². The minimum Gasteiger partial charge on any atom is -0.493 e. The summed E-state index contributed by atoms with van der Waals surface area (Å²) in [6, 6.07) is 24.6. The lowest BCUT2D eigenvalue weighted by atomic mass is 10.1. The Hall–Kier alpha value is -3.51. The van der Waals surface area contributed by atoms with Crippen LogP contribution in [0, 0.1) is 0 Å². The quantitative estimate of drug-likeness (QED) is 0.338. The molecule has 0 atom stereocenters. The number of benzene rings is 3. The molecule has 0 aliphatic carbocycles. The van der Waals surface area contributed by atoms with Gasteiger partial charge in [0.25, 0.3) is 0 Å². The molecule has 3 aromatic rings. The van der Waals surface area contributed by atoms with Gasteiger partial charge in [-0.3, -0.25) is 4.99 Å². The maximum absolute atomic E-state index is 5.86. The molecule has 0 aliphatic heterocycles. The SMILES string of the molecule is CN=C(NCCc1ccc(OC)c(OC)c1)NCc1cccc(COCc2ccccc2)c1. The smallest absolute Gasteiger partial charge is 0.191 e. The van der Waals surface area contributed by atoms with Gasteiger partial charge in [-0.15, -0.1) is 0 Å². The van der Waals surface area contributed by atoms with E-state index >= 15 is 0 Å². The van der Waals surface area contributed by atoms with Gasteiger partial charge in [-0.1, -0.05) is 60.7 Å². The highest BCUT2D eigenvalue weighted by molar-refractivity contribution is 5.79. The minimum atomic E-state index is 0.584. The normalized spacial score (nSPS) is 11.2. The number of nitrogens with one attached hydrogen (secondary N) is 2. The van der Waals surface area contributed by atoms with Crippen LogP contribution in [0.2, 0.25) is 0 Å². The summed E-state index contributed by atoms with van der Waals surface area (Å²) >= 11 is 0. The van der Waals surface area contributed by atoms with Crippen LogP contribution in [0.25, 0.3) is 0 Å². The molecule has 0 saturated carbocycles. The Labute approximate surface area is 196 Å². The third kappa shape index (κ3) is 7.84. The highest BCUT2D eigenvalue weighted by Crippen LogP contribution is 2.27. The second-order valence-corrected chi connectivity index (χ2v) is 7.59. The van der Waals surface area contributed by atoms with Crippen LogP contribution in [0.3, 0.4) is 0 Å². The number of rotatable bonds is 11. The van der Waals surface area contributed by atoms with Gasteiger partial charge in [0, 0.05) is 20.1 Å². The van der Waals surface area contributed by atoms with Crippen LogP contribution >= 0.6 is 0 Å². The summed E-state index contributed by atoms with van der Waals surface area (Å²) < 4.78 is 16.5. The Morgan fingerprint density at radius 3 is 2.21 bits per heavy atom. The van der Waals surface area contributed by atoms with E-state index in [4.69, 9.17) is 14.2 Å². The van der Waals surface area contributed by atoms with Gasteiger partial charge in [-0.25, -0.2) is 0 Å². The molecule has 0 aromatic heterocycles. The molecule has 0 amide bonds. The molecule has 0 fully saturated rings. The van der Waals surface area contributed by atoms with E-state index in [2.05, 4.69) is 52.0 Å². The van der Waals surface area contributed by atoms with Gasteiger partial charge in [0.1, 0.15) is 0 Å². The second-order valence-electron chi connectivity index (χ2n) is 7.59. The van der Waals surface area contributed by atoms with E-state index in [1.165, 1.54) is 16.7 Å². The summed E-state index contributed by atoms with van der Waals surface area (Å²) in [5, 5.41) is 6.74. The fourth-order valence-electron chi connectivity index (χ4n) is 3.46. The van der Waals surface area contributed by atoms with Crippen LogP contribution in [-0.2, 0) is 30.9 Å². The average molecular weight is 448 g/mol. The lowest BCUT2D eigenvalue weighted by Gasteiger charge is -2.13. The molecular weight excluding hydrogens is 414 g/mol. The van der Waals surface area contributed by atoms with Crippen molar-refractivity contribution in [1.82, 2.24) is 10.6 Å². The fourth-order valence-corrected chi connectivity index (χ4v) is 3.46. The summed E-state index contributed by atoms with van der Waals surface area (Å²) in [7, 11) is 5.07. The van der Waals surface area contributed by atoms with Crippen LogP contribution in [0.5, 0.6) is 11.5 Å². The van der Waals surface area contributed by atoms with Gasteiger partial charge >= 0.3 is 0 Å². The summed E-state index contributed by atoms with van der Waals surface area (Å²) in [4.78, 5) is 4.33. The van der Waals surface area contributed by atoms with Crippen molar-refractivity contribution in [1.29, 1.82) is 0 Å². The minimum absolute atomic E-state index is 0.584. The maximum atomic E-state index is 5.86. The standard InChI is InChI=1S/C27H33N3O3/c1-28-27(29-15-14-21-12-13-25(31-2)26(17-21)32-3)30-18-23-10-7-11-24(16-23)20-33-19-22-8-5-4-6-9-22/h4-13,16-17H,14-15,18-20H2,1-3H3,(H2,28,29,30). The van der Waals surface area contributed by atoms with E-state index in [-0.39, 0.29) is 0 Å². The Morgan fingerprint density at radius 1 is 0.727 bits per heavy atom. The van der Waals surface area contributed by atoms with Gasteiger partial charge in [-0.05, 0) is 40.8 Å². The summed E-state index contributed by atoms with van der Waals surface area (Å²) in [5.74, 6) is 2.24. The number of guanidine groups is 1. The molecule has 3 aromatic carbocycles. The first-order valence-corrected chi connectivity index (χ1v) is 11.1. The molecule has 6 heteroatoms. The Kier molecular flexibility index (Phi) is 9.61. The predicted octanol–water partition coefficient (Wildman–Crippen LogP) is 4.33. The molecule has 0 bridgehead atoms. The van der Waals surface area contributed by atoms with E-state index in [0.717, 1.165) is 36.0 Å². The lowest BCUT2D eigenvalue weighted by Crippen LogP contribution is -2.37. The zero-order valence-electron chi connectivity index (χ0n) is 19.6. The molecule has 0 aliphatic rings. The molecule has 0 spiro atoms. The van der Waals surface area contributed by atoms with E-state index in [1.54, 1.807) is 21.3 Å². The van der Waals surface area contributed by atoms with Gasteiger partial charge in [-0.2, -0.15) is 0 Å². The van der Waals surface area contributed by atoms with E-state index in [1.807, 2.05) is 36.4 Å². The van der Waals surface area contributed by atoms with Crippen LogP contribution in [-0.4, -0.2) is 33.8 Å². The Balaban J connectivity index is 1.43. The molecule has 2 N–H and O–H groups in total. The third-order valence-corrected chi connectivity index (χ3v) is 5.21. The van der Waals surface area contributed by atoms with E-state index < -0.39 is 0 Å². The second kappa shape index (κ2) is 13.1. The predicted molar refractivity (Wildman–Crippen MR) is 133 cm³/mol. The Bertz CT molecular complexity index is 1020. The molecule has 33 heavy (non-hydrogen) atoms. The first-order valence-electron chi connectivity index (χ1n) is 11.1. The third-order valence-electron chi connectivity index (χ3n) is 5.21. The number of ether oxygens (including phenoxy) is 3. The molecule has 6 nitrogen and oxygen atoms in total. The topological polar surface area (TPSA) is 64.1 Å². The van der Waals surface area contributed by atoms with Crippen molar-refractivity contribution in [2.75, 3.05) is 27.8 Å². The van der Waals surface area contributed by atoms with Gasteiger partial charge < -0.3 is 24.8 Å². The zero-order chi connectivity index (χ0) is 23.3. The Morgan fingerprint density at radius 2 is 1.45 bits per heavy atom. The van der Waals surface area contributed by atoms with Crippen molar-refractivity contribution in [3.63, 3.8) is 0 Å². The first-order chi connectivity index (χ1) is 16.2. The van der Waals surface area contributed by atoms with Crippen molar-refractivity contribution < 1.29 is 14.2 Å². The number of hydrogen-bond acceptors (Lipinski definition) is 4. The first kappa shape index (κ1) is 24.1. The van der Waals surface area contributed by atoms with Crippen LogP contribution < -0.4 is 20.1 Å². The molecule has 0 radical (unpaired) electrons. The number of nitrogens with zero attached hydrogens (tertiary/aromatic N) is 1. The summed E-state index contributed by atoms with van der Waals surface area (Å²) in [6.07, 6.45) is 0.843. The lowest BCUT2D eigenvalue weighted by molar-refractivity contribution is 0.107. The highest BCUT2D eigenvalue weighted by Gasteiger charge is 2.05. The molecule has 0 unspecified atom stereocenters. The summed E-state index contributed by atoms with van der Waals surface area (Å²) in [5.41, 5.74) is 4.68. The molecule has 0 heterocycles. The van der Waals surface area contributed by atoms with E-state index in [9.17, 15) is 0 Å². The summed E-state index contributed by atoms with van der Waals surface area (Å²) in [6.45, 7) is 2.63. The number of methoxy groups -OCH3 is 2. The van der Waals surface area contributed by atoms with Crippen molar-refractivity contribution in [2.45, 2.75) is 26.2 Å². The highest BCUT2D eigenvalue weighted by atomic mass is 16.5. The largest absolute Gasteiger partial charge is 0.493 e. The molecule has 3 rings (SSSR count). The van der Waals surface area contributed by atoms with Gasteiger partial charge in [0.05, 0.1) is 27.4 Å². The maximum Gasteiger partial charge on any atom is 0.191 e.